The fourth-order valence-corrected chi connectivity index (χ4v) is 5.57. The first-order chi connectivity index (χ1) is 18.8. The third kappa shape index (κ3) is 4.50. The first-order valence-electron chi connectivity index (χ1n) is 13.2. The van der Waals surface area contributed by atoms with Crippen molar-refractivity contribution in [2.24, 2.45) is 27.2 Å². The number of quaternary nitrogens is 1. The number of likely N-dealkylation sites (tertiary alicyclic amines) is 1. The summed E-state index contributed by atoms with van der Waals surface area (Å²) in [5, 5.41) is 2.84. The number of amidine groups is 1. The number of ether oxygens (including phenoxy) is 1. The van der Waals surface area contributed by atoms with Gasteiger partial charge in [-0.3, -0.25) is 14.6 Å². The topological polar surface area (TPSA) is 122 Å². The minimum Gasteiger partial charge on any atom is -0.379 e. The SMILES string of the molecule is Cc1ccnc(NC(=O)c2ccc(C3=NC([C@@H]4CCCN(C(=O)C5(C)COC5)C4)=C4C=NC=C[N+]34N)cc2)c1. The largest absolute Gasteiger partial charge is 0.379 e. The lowest BCUT2D eigenvalue weighted by atomic mass is 9.85. The van der Waals surface area contributed by atoms with Crippen LogP contribution in [0.2, 0.25) is 0 Å². The third-order valence-corrected chi connectivity index (χ3v) is 7.84. The summed E-state index contributed by atoms with van der Waals surface area (Å²) in [6, 6.07) is 10.9. The lowest BCUT2D eigenvalue weighted by Crippen LogP contribution is -2.55. The molecule has 2 amide bonds. The Hall–Kier alpha value is -3.99. The number of anilines is 1. The Kier molecular flexibility index (Phi) is 6.25. The summed E-state index contributed by atoms with van der Waals surface area (Å²) in [5.41, 5.74) is 3.55. The number of nitrogens with zero attached hydrogens (tertiary/aromatic N) is 5. The lowest BCUT2D eigenvalue weighted by molar-refractivity contribution is -0.750. The van der Waals surface area contributed by atoms with Crippen molar-refractivity contribution in [3.8, 4) is 0 Å². The summed E-state index contributed by atoms with van der Waals surface area (Å²) in [6.45, 7) is 6.19. The van der Waals surface area contributed by atoms with Crippen LogP contribution >= 0.6 is 0 Å². The summed E-state index contributed by atoms with van der Waals surface area (Å²) < 4.78 is 5.23. The predicted octanol–water partition coefficient (Wildman–Crippen LogP) is 3.14. The number of benzene rings is 1. The molecule has 4 aliphatic rings. The van der Waals surface area contributed by atoms with E-state index in [-0.39, 0.29) is 22.3 Å². The molecule has 1 aromatic heterocycles. The van der Waals surface area contributed by atoms with Gasteiger partial charge < -0.3 is 15.0 Å². The quantitative estimate of drug-likeness (QED) is 0.458. The molecule has 3 N–H and O–H groups in total. The molecule has 0 aliphatic carbocycles. The molecule has 6 rings (SSSR count). The summed E-state index contributed by atoms with van der Waals surface area (Å²) in [4.78, 5) is 41.6. The fourth-order valence-electron chi connectivity index (χ4n) is 5.57. The van der Waals surface area contributed by atoms with E-state index in [1.165, 1.54) is 0 Å². The molecule has 2 fully saturated rings. The van der Waals surface area contributed by atoms with Gasteiger partial charge in [0.15, 0.2) is 0 Å². The normalized spacial score (nSPS) is 25.2. The second-order valence-electron chi connectivity index (χ2n) is 11.0. The molecule has 0 bridgehead atoms. The number of hydrogen-bond acceptors (Lipinski definition) is 7. The van der Waals surface area contributed by atoms with Crippen molar-refractivity contribution >= 4 is 29.7 Å². The number of amides is 2. The number of nitrogens with two attached hydrogens (primary N) is 1. The van der Waals surface area contributed by atoms with Gasteiger partial charge in [0.2, 0.25) is 11.6 Å². The van der Waals surface area contributed by atoms with E-state index in [0.717, 1.165) is 41.9 Å². The monoisotopic (exact) mass is 526 g/mol. The highest BCUT2D eigenvalue weighted by molar-refractivity contribution is 6.05. The van der Waals surface area contributed by atoms with E-state index in [4.69, 9.17) is 15.6 Å². The number of allylic oxidation sites excluding steroid dienone is 1. The maximum absolute atomic E-state index is 13.2. The Morgan fingerprint density at radius 1 is 1.21 bits per heavy atom. The maximum atomic E-state index is 13.2. The second kappa shape index (κ2) is 9.64. The van der Waals surface area contributed by atoms with Crippen molar-refractivity contribution in [1.82, 2.24) is 9.88 Å². The molecule has 200 valence electrons. The van der Waals surface area contributed by atoms with Gasteiger partial charge >= 0.3 is 0 Å². The van der Waals surface area contributed by atoms with E-state index < -0.39 is 5.41 Å². The highest BCUT2D eigenvalue weighted by Gasteiger charge is 2.48. The van der Waals surface area contributed by atoms with E-state index in [2.05, 4.69) is 15.3 Å². The number of aromatic nitrogens is 1. The number of carbonyl (C=O) groups is 2. The summed E-state index contributed by atoms with van der Waals surface area (Å²) in [7, 11) is 0. The fraction of sp³-hybridized carbons (Fsp3) is 0.345. The van der Waals surface area contributed by atoms with Crippen LogP contribution in [-0.4, -0.2) is 64.6 Å². The average Bonchev–Trinajstić information content (AvgIpc) is 3.24. The molecule has 1 aromatic carbocycles. The molecule has 5 heterocycles. The summed E-state index contributed by atoms with van der Waals surface area (Å²) in [5.74, 6) is 8.04. The molecule has 10 nitrogen and oxygen atoms in total. The van der Waals surface area contributed by atoms with Crippen LogP contribution in [0.3, 0.4) is 0 Å². The molecule has 2 atom stereocenters. The number of piperidine rings is 1. The van der Waals surface area contributed by atoms with Crippen molar-refractivity contribution in [1.29, 1.82) is 0 Å². The third-order valence-electron chi connectivity index (χ3n) is 7.84. The van der Waals surface area contributed by atoms with E-state index in [1.54, 1.807) is 30.7 Å². The number of pyridine rings is 1. The minimum absolute atomic E-state index is 0.0469. The van der Waals surface area contributed by atoms with Gasteiger partial charge in [0.05, 0.1) is 36.6 Å². The molecule has 2 saturated heterocycles. The number of rotatable bonds is 5. The highest BCUT2D eigenvalue weighted by atomic mass is 16.5. The number of hydrogen-bond donors (Lipinski definition) is 2. The molecular weight excluding hydrogens is 494 g/mol. The van der Waals surface area contributed by atoms with Gasteiger partial charge in [0, 0.05) is 30.8 Å². The van der Waals surface area contributed by atoms with Gasteiger partial charge in [-0.2, -0.15) is 10.8 Å². The average molecular weight is 527 g/mol. The molecular formula is C29H32N7O3+. The van der Waals surface area contributed by atoms with Crippen LogP contribution in [0.5, 0.6) is 0 Å². The van der Waals surface area contributed by atoms with Crippen LogP contribution < -0.4 is 11.2 Å². The van der Waals surface area contributed by atoms with Gasteiger partial charge in [0.25, 0.3) is 11.7 Å². The minimum atomic E-state index is -0.435. The van der Waals surface area contributed by atoms with E-state index in [0.29, 0.717) is 37.0 Å². The molecule has 10 heteroatoms. The van der Waals surface area contributed by atoms with E-state index in [1.807, 2.05) is 49.2 Å². The van der Waals surface area contributed by atoms with Crippen LogP contribution in [-0.2, 0) is 9.53 Å². The molecule has 0 spiro atoms. The molecule has 0 saturated carbocycles. The Morgan fingerprint density at radius 3 is 2.72 bits per heavy atom. The van der Waals surface area contributed by atoms with Crippen LogP contribution in [0.1, 0.15) is 41.3 Å². The van der Waals surface area contributed by atoms with Crippen LogP contribution in [0.25, 0.3) is 0 Å². The molecule has 39 heavy (non-hydrogen) atoms. The van der Waals surface area contributed by atoms with Crippen LogP contribution in [0, 0.1) is 18.3 Å². The number of aliphatic imine (C=N–C) groups is 2. The van der Waals surface area contributed by atoms with E-state index in [9.17, 15) is 9.59 Å². The first-order valence-corrected chi connectivity index (χ1v) is 13.2. The number of aryl methyl sites for hydroxylation is 1. The maximum Gasteiger partial charge on any atom is 0.264 e. The number of carbonyl (C=O) groups excluding carboxylic acids is 2. The molecule has 2 aromatic rings. The second-order valence-corrected chi connectivity index (χ2v) is 11.0. The zero-order chi connectivity index (χ0) is 27.2. The highest BCUT2D eigenvalue weighted by Crippen LogP contribution is 2.39. The van der Waals surface area contributed by atoms with Crippen molar-refractivity contribution in [2.75, 3.05) is 31.6 Å². The standard InChI is InChI=1S/C29H31N7O3/c1-19-9-10-32-24(14-19)33-27(37)21-7-5-20(6-8-21)26-34-25(23-15-31-11-13-36(23,26)30)22-4-3-12-35(16-22)28(38)29(2)17-39-18-29/h5-11,13-15,22H,3-4,12,16-18,30H2,1-2H3/p+1/t22-,36?/m1/s1. The summed E-state index contributed by atoms with van der Waals surface area (Å²) in [6.07, 6.45) is 8.72. The number of fused-ring (bicyclic) bond motifs is 1. The van der Waals surface area contributed by atoms with Gasteiger partial charge in [-0.1, -0.05) is 0 Å². The smallest absolute Gasteiger partial charge is 0.264 e. The van der Waals surface area contributed by atoms with Crippen molar-refractivity contribution < 1.29 is 18.9 Å². The van der Waals surface area contributed by atoms with Gasteiger partial charge in [0.1, 0.15) is 17.7 Å². The van der Waals surface area contributed by atoms with Gasteiger partial charge in [-0.25, -0.2) is 4.98 Å². The van der Waals surface area contributed by atoms with Gasteiger partial charge in [-0.15, -0.1) is 4.59 Å². The first kappa shape index (κ1) is 25.3. The summed E-state index contributed by atoms with van der Waals surface area (Å²) >= 11 is 0. The van der Waals surface area contributed by atoms with E-state index >= 15 is 0 Å². The number of nitrogens with one attached hydrogen (secondary N) is 1. The molecule has 1 unspecified atom stereocenters. The van der Waals surface area contributed by atoms with Crippen molar-refractivity contribution in [3.05, 3.63) is 83.1 Å². The molecule has 0 radical (unpaired) electrons. The Balaban J connectivity index is 1.25. The Morgan fingerprint density at radius 2 is 2.00 bits per heavy atom. The lowest BCUT2D eigenvalue weighted by Gasteiger charge is -2.42. The van der Waals surface area contributed by atoms with Gasteiger partial charge in [-0.05, 0) is 68.7 Å². The van der Waals surface area contributed by atoms with Crippen LogP contribution in [0.15, 0.2) is 76.4 Å². The Labute approximate surface area is 227 Å². The zero-order valence-corrected chi connectivity index (χ0v) is 22.1. The van der Waals surface area contributed by atoms with Crippen molar-refractivity contribution in [2.45, 2.75) is 26.7 Å². The molecule has 4 aliphatic heterocycles. The van der Waals surface area contributed by atoms with Crippen molar-refractivity contribution in [3.63, 3.8) is 0 Å². The van der Waals surface area contributed by atoms with Crippen LogP contribution in [0.4, 0.5) is 5.82 Å². The Bertz CT molecular complexity index is 1460. The predicted molar refractivity (Wildman–Crippen MR) is 147 cm³/mol. The zero-order valence-electron chi connectivity index (χ0n) is 22.1.